The van der Waals surface area contributed by atoms with Gasteiger partial charge in [-0.2, -0.15) is 10.2 Å². The summed E-state index contributed by atoms with van der Waals surface area (Å²) in [5.41, 5.74) is 2.34. The van der Waals surface area contributed by atoms with Crippen molar-refractivity contribution in [3.63, 3.8) is 0 Å². The van der Waals surface area contributed by atoms with Crippen LogP contribution in [0.15, 0.2) is 18.6 Å². The second kappa shape index (κ2) is 6.61. The fraction of sp³-hybridized carbons (Fsp3) is 0.538. The quantitative estimate of drug-likeness (QED) is 0.918. The second-order valence-corrected chi connectivity index (χ2v) is 5.15. The first-order valence-electron chi connectivity index (χ1n) is 6.30. The SMILES string of the molecule is Cc1cn(C)nc1NCc1cnn(CC(C)C)c1.Cl. The van der Waals surface area contributed by atoms with Crippen LogP contribution in [0.3, 0.4) is 0 Å². The first-order chi connectivity index (χ1) is 8.54. The minimum atomic E-state index is 0. The summed E-state index contributed by atoms with van der Waals surface area (Å²) in [6.45, 7) is 8.16. The summed E-state index contributed by atoms with van der Waals surface area (Å²) in [6.07, 6.45) is 6.00. The van der Waals surface area contributed by atoms with Crippen LogP contribution < -0.4 is 5.32 Å². The molecule has 0 atom stereocenters. The molecule has 19 heavy (non-hydrogen) atoms. The summed E-state index contributed by atoms with van der Waals surface area (Å²) in [7, 11) is 1.93. The predicted octanol–water partition coefficient (Wildman–Crippen LogP) is 2.61. The third-order valence-electron chi connectivity index (χ3n) is 2.71. The van der Waals surface area contributed by atoms with Gasteiger partial charge in [-0.3, -0.25) is 9.36 Å². The number of rotatable bonds is 5. The van der Waals surface area contributed by atoms with Gasteiger partial charge in [0.15, 0.2) is 5.82 Å². The maximum absolute atomic E-state index is 4.36. The smallest absolute Gasteiger partial charge is 0.151 e. The highest BCUT2D eigenvalue weighted by Crippen LogP contribution is 2.12. The Morgan fingerprint density at radius 2 is 2.05 bits per heavy atom. The van der Waals surface area contributed by atoms with E-state index in [2.05, 4.69) is 42.5 Å². The van der Waals surface area contributed by atoms with Gasteiger partial charge in [0.25, 0.3) is 0 Å². The highest BCUT2D eigenvalue weighted by atomic mass is 35.5. The number of hydrogen-bond donors (Lipinski definition) is 1. The van der Waals surface area contributed by atoms with Crippen LogP contribution in [0.1, 0.15) is 25.0 Å². The van der Waals surface area contributed by atoms with Crippen LogP contribution in [-0.4, -0.2) is 19.6 Å². The van der Waals surface area contributed by atoms with Crippen LogP contribution >= 0.6 is 12.4 Å². The lowest BCUT2D eigenvalue weighted by molar-refractivity contribution is 0.483. The Morgan fingerprint density at radius 1 is 1.32 bits per heavy atom. The lowest BCUT2D eigenvalue weighted by Crippen LogP contribution is -2.04. The summed E-state index contributed by atoms with van der Waals surface area (Å²) in [6, 6.07) is 0. The van der Waals surface area contributed by atoms with Gasteiger partial charge < -0.3 is 5.32 Å². The molecule has 106 valence electrons. The van der Waals surface area contributed by atoms with Crippen molar-refractivity contribution in [2.75, 3.05) is 5.32 Å². The van der Waals surface area contributed by atoms with Crippen LogP contribution in [0.25, 0.3) is 0 Å². The van der Waals surface area contributed by atoms with Crippen LogP contribution in [0.5, 0.6) is 0 Å². The molecule has 0 aromatic carbocycles. The molecule has 0 saturated carbocycles. The summed E-state index contributed by atoms with van der Waals surface area (Å²) in [5, 5.41) is 12.0. The average Bonchev–Trinajstić information content (AvgIpc) is 2.82. The molecule has 0 aliphatic carbocycles. The third-order valence-corrected chi connectivity index (χ3v) is 2.71. The summed E-state index contributed by atoms with van der Waals surface area (Å²) in [4.78, 5) is 0. The molecule has 0 saturated heterocycles. The first-order valence-corrected chi connectivity index (χ1v) is 6.30. The fourth-order valence-electron chi connectivity index (χ4n) is 1.94. The van der Waals surface area contributed by atoms with E-state index in [1.807, 2.05) is 28.8 Å². The maximum Gasteiger partial charge on any atom is 0.151 e. The van der Waals surface area contributed by atoms with Crippen molar-refractivity contribution < 1.29 is 0 Å². The first kappa shape index (κ1) is 15.6. The van der Waals surface area contributed by atoms with E-state index >= 15 is 0 Å². The second-order valence-electron chi connectivity index (χ2n) is 5.15. The van der Waals surface area contributed by atoms with Gasteiger partial charge in [-0.05, 0) is 12.8 Å². The zero-order chi connectivity index (χ0) is 13.1. The van der Waals surface area contributed by atoms with Crippen molar-refractivity contribution in [2.24, 2.45) is 13.0 Å². The highest BCUT2D eigenvalue weighted by molar-refractivity contribution is 5.85. The number of aromatic nitrogens is 4. The van der Waals surface area contributed by atoms with Crippen LogP contribution in [0, 0.1) is 12.8 Å². The maximum atomic E-state index is 4.36. The summed E-state index contributed by atoms with van der Waals surface area (Å²) >= 11 is 0. The number of anilines is 1. The molecular weight excluding hydrogens is 262 g/mol. The number of nitrogens with zero attached hydrogens (tertiary/aromatic N) is 4. The minimum absolute atomic E-state index is 0. The normalized spacial score (nSPS) is 10.6. The van der Waals surface area contributed by atoms with Crippen molar-refractivity contribution in [1.82, 2.24) is 19.6 Å². The zero-order valence-electron chi connectivity index (χ0n) is 11.9. The van der Waals surface area contributed by atoms with E-state index in [4.69, 9.17) is 0 Å². The topological polar surface area (TPSA) is 47.7 Å². The Labute approximate surface area is 120 Å². The van der Waals surface area contributed by atoms with E-state index in [1.54, 1.807) is 0 Å². The van der Waals surface area contributed by atoms with Crippen molar-refractivity contribution in [1.29, 1.82) is 0 Å². The van der Waals surface area contributed by atoms with Crippen molar-refractivity contribution in [3.8, 4) is 0 Å². The minimum Gasteiger partial charge on any atom is -0.364 e. The monoisotopic (exact) mass is 283 g/mol. The molecule has 6 heteroatoms. The number of halogens is 1. The van der Waals surface area contributed by atoms with Gasteiger partial charge in [0.2, 0.25) is 0 Å². The molecular formula is C13H22ClN5. The fourth-order valence-corrected chi connectivity index (χ4v) is 1.94. The summed E-state index contributed by atoms with van der Waals surface area (Å²) < 4.78 is 3.81. The van der Waals surface area contributed by atoms with Gasteiger partial charge in [-0.25, -0.2) is 0 Å². The van der Waals surface area contributed by atoms with E-state index in [-0.39, 0.29) is 12.4 Å². The molecule has 0 radical (unpaired) electrons. The Hall–Kier alpha value is -1.49. The third kappa shape index (κ3) is 4.28. The number of aryl methyl sites for hydroxylation is 2. The van der Waals surface area contributed by atoms with Gasteiger partial charge in [0.05, 0.1) is 6.20 Å². The molecule has 0 fully saturated rings. The molecule has 0 aliphatic rings. The van der Waals surface area contributed by atoms with E-state index in [9.17, 15) is 0 Å². The van der Waals surface area contributed by atoms with E-state index in [1.165, 1.54) is 5.56 Å². The lowest BCUT2D eigenvalue weighted by Gasteiger charge is -2.04. The highest BCUT2D eigenvalue weighted by Gasteiger charge is 2.04. The largest absolute Gasteiger partial charge is 0.364 e. The molecule has 2 aromatic rings. The molecule has 2 aromatic heterocycles. The van der Waals surface area contributed by atoms with E-state index in [0.29, 0.717) is 5.92 Å². The van der Waals surface area contributed by atoms with E-state index < -0.39 is 0 Å². The lowest BCUT2D eigenvalue weighted by atomic mass is 10.2. The molecule has 0 unspecified atom stereocenters. The predicted molar refractivity (Wildman–Crippen MR) is 79.6 cm³/mol. The van der Waals surface area contributed by atoms with Crippen molar-refractivity contribution >= 4 is 18.2 Å². The van der Waals surface area contributed by atoms with Gasteiger partial charge in [0.1, 0.15) is 0 Å². The molecule has 2 heterocycles. The molecule has 5 nitrogen and oxygen atoms in total. The van der Waals surface area contributed by atoms with E-state index in [0.717, 1.165) is 24.5 Å². The molecule has 0 aliphatic heterocycles. The summed E-state index contributed by atoms with van der Waals surface area (Å²) in [5.74, 6) is 1.55. The Morgan fingerprint density at radius 3 is 2.63 bits per heavy atom. The van der Waals surface area contributed by atoms with Crippen LogP contribution in [0.2, 0.25) is 0 Å². The van der Waals surface area contributed by atoms with Crippen LogP contribution in [-0.2, 0) is 20.1 Å². The Kier molecular flexibility index (Phi) is 5.42. The Balaban J connectivity index is 0.00000180. The van der Waals surface area contributed by atoms with Gasteiger partial charge in [-0.15, -0.1) is 12.4 Å². The Bertz CT molecular complexity index is 515. The van der Waals surface area contributed by atoms with Crippen molar-refractivity contribution in [3.05, 3.63) is 29.7 Å². The average molecular weight is 284 g/mol. The molecule has 2 rings (SSSR count). The van der Waals surface area contributed by atoms with Crippen molar-refractivity contribution in [2.45, 2.75) is 33.9 Å². The van der Waals surface area contributed by atoms with Crippen LogP contribution in [0.4, 0.5) is 5.82 Å². The zero-order valence-corrected chi connectivity index (χ0v) is 12.7. The standard InChI is InChI=1S/C13H21N5.ClH/c1-10(2)7-18-9-12(6-15-18)5-14-13-11(3)8-17(4)16-13;/h6,8-10H,5,7H2,1-4H3,(H,14,16);1H. The molecule has 1 N–H and O–H groups in total. The van der Waals surface area contributed by atoms with Gasteiger partial charge in [0, 0.05) is 43.7 Å². The van der Waals surface area contributed by atoms with Gasteiger partial charge in [-0.1, -0.05) is 13.8 Å². The molecule has 0 bridgehead atoms. The number of hydrogen-bond acceptors (Lipinski definition) is 3. The number of nitrogens with one attached hydrogen (secondary N) is 1. The molecule has 0 spiro atoms. The molecule has 0 amide bonds. The van der Waals surface area contributed by atoms with Gasteiger partial charge >= 0.3 is 0 Å².